The molecule has 8 nitrogen and oxygen atoms in total. The van der Waals surface area contributed by atoms with Crippen LogP contribution in [0.3, 0.4) is 0 Å². The van der Waals surface area contributed by atoms with Gasteiger partial charge in [0.1, 0.15) is 0 Å². The number of amides is 1. The number of nitrogens with zero attached hydrogens (tertiary/aromatic N) is 2. The van der Waals surface area contributed by atoms with Gasteiger partial charge in [-0.2, -0.15) is 4.31 Å². The van der Waals surface area contributed by atoms with E-state index in [0.29, 0.717) is 38.0 Å². The Labute approximate surface area is 173 Å². The third-order valence-corrected chi connectivity index (χ3v) is 8.69. The van der Waals surface area contributed by atoms with Gasteiger partial charge in [-0.25, -0.2) is 21.1 Å². The van der Waals surface area contributed by atoms with Gasteiger partial charge in [0, 0.05) is 37.8 Å². The maximum Gasteiger partial charge on any atom is 0.251 e. The Kier molecular flexibility index (Phi) is 6.98. The van der Waals surface area contributed by atoms with Gasteiger partial charge >= 0.3 is 0 Å². The molecule has 10 heteroatoms. The first-order valence-corrected chi connectivity index (χ1v) is 13.3. The van der Waals surface area contributed by atoms with Crippen molar-refractivity contribution in [3.8, 4) is 0 Å². The van der Waals surface area contributed by atoms with E-state index in [9.17, 15) is 21.6 Å². The molecule has 2 heterocycles. The second kappa shape index (κ2) is 9.11. The van der Waals surface area contributed by atoms with Gasteiger partial charge in [-0.1, -0.05) is 12.8 Å². The predicted molar refractivity (Wildman–Crippen MR) is 111 cm³/mol. The minimum absolute atomic E-state index is 0.192. The molecule has 1 atom stereocenters. The Bertz CT molecular complexity index is 921. The maximum atomic E-state index is 12.8. The van der Waals surface area contributed by atoms with Gasteiger partial charge in [-0.05, 0) is 49.9 Å². The second-order valence-corrected chi connectivity index (χ2v) is 11.7. The minimum Gasteiger partial charge on any atom is -0.348 e. The van der Waals surface area contributed by atoms with Gasteiger partial charge in [0.2, 0.25) is 20.0 Å². The summed E-state index contributed by atoms with van der Waals surface area (Å²) in [5.74, 6) is -0.330. The van der Waals surface area contributed by atoms with Crippen molar-refractivity contribution in [2.75, 3.05) is 32.4 Å². The zero-order chi connectivity index (χ0) is 21.1. The molecule has 3 rings (SSSR count). The summed E-state index contributed by atoms with van der Waals surface area (Å²) < 4.78 is 52.0. The third-order valence-electron chi connectivity index (χ3n) is 5.51. The van der Waals surface area contributed by atoms with Crippen molar-refractivity contribution in [3.05, 3.63) is 29.8 Å². The molecule has 2 fully saturated rings. The highest BCUT2D eigenvalue weighted by Gasteiger charge is 2.28. The van der Waals surface area contributed by atoms with Gasteiger partial charge in [0.15, 0.2) is 0 Å². The summed E-state index contributed by atoms with van der Waals surface area (Å²) in [6, 6.07) is 5.71. The van der Waals surface area contributed by atoms with Gasteiger partial charge < -0.3 is 5.32 Å². The van der Waals surface area contributed by atoms with E-state index in [4.69, 9.17) is 0 Å². The number of sulfonamides is 2. The van der Waals surface area contributed by atoms with E-state index in [0.717, 1.165) is 25.7 Å². The van der Waals surface area contributed by atoms with Crippen molar-refractivity contribution in [3.63, 3.8) is 0 Å². The topological polar surface area (TPSA) is 104 Å². The highest BCUT2D eigenvalue weighted by Crippen LogP contribution is 2.21. The molecule has 2 aliphatic heterocycles. The van der Waals surface area contributed by atoms with Gasteiger partial charge in [0.25, 0.3) is 5.91 Å². The molecular weight excluding hydrogens is 414 g/mol. The van der Waals surface area contributed by atoms with Gasteiger partial charge in [0.05, 0.1) is 11.2 Å². The molecule has 1 unspecified atom stereocenters. The van der Waals surface area contributed by atoms with Crippen LogP contribution in [-0.2, 0) is 20.0 Å². The number of piperidine rings is 1. The number of rotatable bonds is 5. The van der Waals surface area contributed by atoms with Crippen LogP contribution in [0.4, 0.5) is 0 Å². The summed E-state index contributed by atoms with van der Waals surface area (Å²) in [7, 11) is -6.83. The highest BCUT2D eigenvalue weighted by molar-refractivity contribution is 7.89. The van der Waals surface area contributed by atoms with E-state index in [-0.39, 0.29) is 23.4 Å². The van der Waals surface area contributed by atoms with Crippen LogP contribution in [0.25, 0.3) is 0 Å². The summed E-state index contributed by atoms with van der Waals surface area (Å²) in [6.07, 6.45) is 6.38. The lowest BCUT2D eigenvalue weighted by atomic mass is 10.1. The summed E-state index contributed by atoms with van der Waals surface area (Å²) >= 11 is 0. The lowest BCUT2D eigenvalue weighted by Gasteiger charge is -2.31. The number of hydrogen-bond donors (Lipinski definition) is 1. The molecule has 0 aromatic heterocycles. The molecule has 0 saturated carbocycles. The fourth-order valence-corrected chi connectivity index (χ4v) is 6.27. The first-order chi connectivity index (χ1) is 13.7. The molecule has 29 heavy (non-hydrogen) atoms. The average Bonchev–Trinajstić information content (AvgIpc) is 2.98. The van der Waals surface area contributed by atoms with Crippen molar-refractivity contribution < 1.29 is 21.6 Å². The van der Waals surface area contributed by atoms with E-state index in [1.54, 1.807) is 0 Å². The van der Waals surface area contributed by atoms with Crippen LogP contribution in [0.2, 0.25) is 0 Å². The normalized spacial score (nSPS) is 22.7. The second-order valence-electron chi connectivity index (χ2n) is 7.78. The molecule has 2 aliphatic rings. The highest BCUT2D eigenvalue weighted by atomic mass is 32.2. The number of nitrogens with one attached hydrogen (secondary N) is 1. The molecule has 2 saturated heterocycles. The molecule has 1 aromatic carbocycles. The van der Waals surface area contributed by atoms with Gasteiger partial charge in [-0.3, -0.25) is 4.79 Å². The van der Waals surface area contributed by atoms with Crippen LogP contribution >= 0.6 is 0 Å². The molecule has 1 amide bonds. The molecule has 1 N–H and O–H groups in total. The molecule has 0 aliphatic carbocycles. The largest absolute Gasteiger partial charge is 0.348 e. The van der Waals surface area contributed by atoms with Gasteiger partial charge in [-0.15, -0.1) is 0 Å². The number of benzene rings is 1. The van der Waals surface area contributed by atoms with Crippen molar-refractivity contribution in [1.29, 1.82) is 0 Å². The van der Waals surface area contributed by atoms with Crippen molar-refractivity contribution in [1.82, 2.24) is 13.9 Å². The van der Waals surface area contributed by atoms with E-state index in [1.165, 1.54) is 39.1 Å². The Morgan fingerprint density at radius 1 is 0.897 bits per heavy atom. The smallest absolute Gasteiger partial charge is 0.251 e. The summed E-state index contributed by atoms with van der Waals surface area (Å²) in [6.45, 7) is 1.78. The van der Waals surface area contributed by atoms with Crippen molar-refractivity contribution >= 4 is 26.0 Å². The number of hydrogen-bond acceptors (Lipinski definition) is 5. The number of carbonyl (C=O) groups excluding carboxylic acids is 1. The molecule has 0 radical (unpaired) electrons. The summed E-state index contributed by atoms with van der Waals surface area (Å²) in [5.41, 5.74) is 0.358. The molecule has 162 valence electrons. The standard InChI is InChI=1S/C19H29N3O5S2/c1-28(24,25)22-14-6-7-17(15-22)20-19(23)16-8-10-18(11-9-16)29(26,27)21-12-4-2-3-5-13-21/h8-11,17H,2-7,12-15H2,1H3,(H,20,23). The molecule has 0 bridgehead atoms. The Morgan fingerprint density at radius 3 is 2.07 bits per heavy atom. The van der Waals surface area contributed by atoms with E-state index >= 15 is 0 Å². The quantitative estimate of drug-likeness (QED) is 0.741. The van der Waals surface area contributed by atoms with Crippen LogP contribution in [0.15, 0.2) is 29.2 Å². The lowest BCUT2D eigenvalue weighted by molar-refractivity contribution is 0.0921. The Morgan fingerprint density at radius 2 is 1.48 bits per heavy atom. The summed E-state index contributed by atoms with van der Waals surface area (Å²) in [4.78, 5) is 12.7. The van der Waals surface area contributed by atoms with Crippen LogP contribution in [0, 0.1) is 0 Å². The zero-order valence-corrected chi connectivity index (χ0v) is 18.3. The third kappa shape index (κ3) is 5.56. The first kappa shape index (κ1) is 22.2. The van der Waals surface area contributed by atoms with Crippen molar-refractivity contribution in [2.24, 2.45) is 0 Å². The van der Waals surface area contributed by atoms with E-state index in [2.05, 4.69) is 5.32 Å². The molecular formula is C19H29N3O5S2. The molecule has 0 spiro atoms. The van der Waals surface area contributed by atoms with E-state index < -0.39 is 20.0 Å². The fraction of sp³-hybridized carbons (Fsp3) is 0.632. The first-order valence-electron chi connectivity index (χ1n) is 10.0. The average molecular weight is 444 g/mol. The number of carbonyl (C=O) groups is 1. The molecule has 1 aromatic rings. The van der Waals surface area contributed by atoms with Crippen LogP contribution in [0.1, 0.15) is 48.9 Å². The Balaban J connectivity index is 1.65. The van der Waals surface area contributed by atoms with E-state index in [1.807, 2.05) is 0 Å². The monoisotopic (exact) mass is 443 g/mol. The summed E-state index contributed by atoms with van der Waals surface area (Å²) in [5, 5.41) is 2.86. The minimum atomic E-state index is -3.55. The van der Waals surface area contributed by atoms with Crippen LogP contribution in [0.5, 0.6) is 0 Å². The zero-order valence-electron chi connectivity index (χ0n) is 16.7. The predicted octanol–water partition coefficient (Wildman–Crippen LogP) is 1.41. The SMILES string of the molecule is CS(=O)(=O)N1CCCC(NC(=O)c2ccc(S(=O)(=O)N3CCCCCC3)cc2)C1. The van der Waals surface area contributed by atoms with Crippen LogP contribution in [-0.4, -0.2) is 69.8 Å². The van der Waals surface area contributed by atoms with Crippen LogP contribution < -0.4 is 5.32 Å². The fourth-order valence-electron chi connectivity index (χ4n) is 3.84. The Hall–Kier alpha value is -1.49. The van der Waals surface area contributed by atoms with Crippen molar-refractivity contribution in [2.45, 2.75) is 49.5 Å². The maximum absolute atomic E-state index is 12.8. The lowest BCUT2D eigenvalue weighted by Crippen LogP contribution is -2.49.